The molecule has 10 heteroatoms. The molecular weight excluding hydrogens is 504 g/mol. The van der Waals surface area contributed by atoms with Gasteiger partial charge in [0.05, 0.1) is 19.6 Å². The number of rotatable bonds is 10. The van der Waals surface area contributed by atoms with E-state index in [-0.39, 0.29) is 24.8 Å². The quantitative estimate of drug-likeness (QED) is 0.332. The van der Waals surface area contributed by atoms with Gasteiger partial charge in [0.2, 0.25) is 5.88 Å². The molecule has 2 heterocycles. The fourth-order valence-corrected chi connectivity index (χ4v) is 4.59. The van der Waals surface area contributed by atoms with Crippen LogP contribution in [0.2, 0.25) is 0 Å². The summed E-state index contributed by atoms with van der Waals surface area (Å²) in [5.74, 6) is 0.417. The summed E-state index contributed by atoms with van der Waals surface area (Å²) in [6.07, 6.45) is 11.4. The first-order chi connectivity index (χ1) is 18.8. The van der Waals surface area contributed by atoms with Gasteiger partial charge in [-0.1, -0.05) is 50.3 Å². The van der Waals surface area contributed by atoms with Gasteiger partial charge in [-0.15, -0.1) is 5.10 Å². The molecule has 1 fully saturated rings. The Morgan fingerprint density at radius 3 is 2.56 bits per heavy atom. The molecule has 39 heavy (non-hydrogen) atoms. The summed E-state index contributed by atoms with van der Waals surface area (Å²) >= 11 is 0. The minimum Gasteiger partial charge on any atom is -0.493 e. The molecule has 0 amide bonds. The van der Waals surface area contributed by atoms with E-state index >= 15 is 0 Å². The van der Waals surface area contributed by atoms with Crippen molar-refractivity contribution in [2.24, 2.45) is 5.41 Å². The first-order valence-electron chi connectivity index (χ1n) is 12.8. The highest BCUT2D eigenvalue weighted by molar-refractivity contribution is 5.44. The number of nitrogens with zero attached hydrogens (tertiary/aromatic N) is 5. The lowest BCUT2D eigenvalue weighted by molar-refractivity contribution is 0.0572. The van der Waals surface area contributed by atoms with Gasteiger partial charge in [0, 0.05) is 24.8 Å². The molecule has 0 spiro atoms. The van der Waals surface area contributed by atoms with Crippen LogP contribution in [-0.2, 0) is 6.42 Å². The van der Waals surface area contributed by atoms with Crippen molar-refractivity contribution in [3.8, 4) is 23.2 Å². The predicted octanol–water partition coefficient (Wildman–Crippen LogP) is 5.64. The number of hydrogen-bond acceptors (Lipinski definition) is 7. The summed E-state index contributed by atoms with van der Waals surface area (Å²) < 4.78 is 47.5. The summed E-state index contributed by atoms with van der Waals surface area (Å²) in [7, 11) is 3.18. The van der Waals surface area contributed by atoms with Gasteiger partial charge < -0.3 is 14.2 Å². The van der Waals surface area contributed by atoms with E-state index in [1.54, 1.807) is 37.1 Å². The number of aromatic nitrogens is 5. The lowest BCUT2D eigenvalue weighted by Crippen LogP contribution is -2.22. The Morgan fingerprint density at radius 1 is 1.05 bits per heavy atom. The summed E-state index contributed by atoms with van der Waals surface area (Å²) in [4.78, 5) is 13.3. The molecule has 0 N–H and O–H groups in total. The Balaban J connectivity index is 1.41. The molecular formula is C29H31F2N5O3. The maximum absolute atomic E-state index is 14.6. The van der Waals surface area contributed by atoms with Gasteiger partial charge in [-0.25, -0.2) is 23.7 Å². The molecule has 1 aromatic carbocycles. The molecule has 8 nitrogen and oxygen atoms in total. The third kappa shape index (κ3) is 5.28. The van der Waals surface area contributed by atoms with Crippen molar-refractivity contribution in [3.05, 3.63) is 83.8 Å². The molecule has 1 unspecified atom stereocenters. The molecule has 5 rings (SSSR count). The van der Waals surface area contributed by atoms with E-state index in [1.807, 2.05) is 50.3 Å². The lowest BCUT2D eigenvalue weighted by Gasteiger charge is -2.18. The number of alkyl halides is 2. The number of ether oxygens (including phenoxy) is 3. The van der Waals surface area contributed by atoms with E-state index in [2.05, 4.69) is 15.1 Å². The minimum atomic E-state index is -2.85. The summed E-state index contributed by atoms with van der Waals surface area (Å²) in [6, 6.07) is 7.27. The van der Waals surface area contributed by atoms with E-state index in [1.165, 1.54) is 6.33 Å². The first kappa shape index (κ1) is 26.5. The number of hydrogen-bond donors (Lipinski definition) is 0. The van der Waals surface area contributed by atoms with Crippen LogP contribution in [0.4, 0.5) is 8.78 Å². The van der Waals surface area contributed by atoms with Crippen molar-refractivity contribution in [1.82, 2.24) is 24.7 Å². The number of methoxy groups -OCH3 is 2. The van der Waals surface area contributed by atoms with Crippen molar-refractivity contribution in [3.63, 3.8) is 0 Å². The monoisotopic (exact) mass is 535 g/mol. The highest BCUT2D eigenvalue weighted by atomic mass is 19.3. The molecule has 1 saturated carbocycles. The normalized spacial score (nSPS) is 19.5. The Kier molecular flexibility index (Phi) is 7.20. The topological polar surface area (TPSA) is 84.2 Å². The largest absolute Gasteiger partial charge is 0.493 e. The zero-order valence-electron chi connectivity index (χ0n) is 22.4. The standard InChI is InChI=1S/C29H31F2N5O3/c1-19(2)27-34-25(14-20-11-12-22(37-3)23(13-20)38-4)36(35-27)24-15-26(33-18-32-24)39-17-28(16-29(28,30)31)21-9-7-5-6-8-10-21/h5,7-13,15,18-19H,6,14,16-17H2,1-4H3. The van der Waals surface area contributed by atoms with E-state index < -0.39 is 11.3 Å². The molecule has 0 radical (unpaired) electrons. The number of benzene rings is 1. The molecule has 2 aliphatic carbocycles. The zero-order chi connectivity index (χ0) is 27.6. The smallest absolute Gasteiger partial charge is 0.262 e. The Hall–Kier alpha value is -4.08. The highest BCUT2D eigenvalue weighted by Gasteiger charge is 2.73. The van der Waals surface area contributed by atoms with Gasteiger partial charge in [0.1, 0.15) is 18.8 Å². The van der Waals surface area contributed by atoms with Crippen molar-refractivity contribution in [2.45, 2.75) is 45.0 Å². The molecule has 0 bridgehead atoms. The maximum atomic E-state index is 14.6. The van der Waals surface area contributed by atoms with Gasteiger partial charge >= 0.3 is 0 Å². The average molecular weight is 536 g/mol. The number of halogens is 2. The minimum absolute atomic E-state index is 0.0832. The van der Waals surface area contributed by atoms with Crippen LogP contribution in [0.3, 0.4) is 0 Å². The predicted molar refractivity (Wildman–Crippen MR) is 142 cm³/mol. The van der Waals surface area contributed by atoms with Gasteiger partial charge in [0.25, 0.3) is 5.92 Å². The van der Waals surface area contributed by atoms with Crippen LogP contribution in [0.25, 0.3) is 5.82 Å². The summed E-state index contributed by atoms with van der Waals surface area (Å²) in [5.41, 5.74) is 0.129. The summed E-state index contributed by atoms with van der Waals surface area (Å²) in [5, 5.41) is 4.68. The second-order valence-electron chi connectivity index (χ2n) is 9.97. The average Bonchev–Trinajstić information content (AvgIpc) is 3.41. The third-order valence-electron chi connectivity index (χ3n) is 6.96. The van der Waals surface area contributed by atoms with Crippen LogP contribution in [0.1, 0.15) is 49.8 Å². The van der Waals surface area contributed by atoms with Crippen molar-refractivity contribution in [1.29, 1.82) is 0 Å². The van der Waals surface area contributed by atoms with Gasteiger partial charge in [-0.05, 0) is 29.7 Å². The van der Waals surface area contributed by atoms with E-state index in [4.69, 9.17) is 19.2 Å². The number of allylic oxidation sites excluding steroid dienone is 5. The first-order valence-corrected chi connectivity index (χ1v) is 12.8. The van der Waals surface area contributed by atoms with E-state index in [9.17, 15) is 8.78 Å². The van der Waals surface area contributed by atoms with E-state index in [0.29, 0.717) is 47.4 Å². The second kappa shape index (κ2) is 10.6. The van der Waals surface area contributed by atoms with Gasteiger partial charge in [0.15, 0.2) is 23.1 Å². The van der Waals surface area contributed by atoms with Crippen LogP contribution in [0.15, 0.2) is 66.5 Å². The molecule has 2 aliphatic rings. The van der Waals surface area contributed by atoms with Crippen LogP contribution in [-0.4, -0.2) is 51.5 Å². The van der Waals surface area contributed by atoms with Crippen molar-refractivity contribution in [2.75, 3.05) is 20.8 Å². The van der Waals surface area contributed by atoms with Crippen LogP contribution < -0.4 is 14.2 Å². The van der Waals surface area contributed by atoms with Crippen LogP contribution >= 0.6 is 0 Å². The van der Waals surface area contributed by atoms with Gasteiger partial charge in [-0.3, -0.25) is 0 Å². The van der Waals surface area contributed by atoms with Crippen molar-refractivity contribution >= 4 is 0 Å². The molecule has 3 aromatic rings. The van der Waals surface area contributed by atoms with E-state index in [0.717, 1.165) is 5.56 Å². The molecule has 204 valence electrons. The van der Waals surface area contributed by atoms with Crippen LogP contribution in [0, 0.1) is 5.41 Å². The Morgan fingerprint density at radius 2 is 1.85 bits per heavy atom. The maximum Gasteiger partial charge on any atom is 0.262 e. The lowest BCUT2D eigenvalue weighted by atomic mass is 9.95. The molecule has 0 saturated heterocycles. The molecule has 0 aliphatic heterocycles. The fraction of sp³-hybridized carbons (Fsp3) is 0.379. The SMILES string of the molecule is COc1ccc(Cc2nc(C(C)C)nn2-c2cc(OCC3(C4=CC=CCC=C4)CC3(F)F)ncn2)cc1OC. The Bertz CT molecular complexity index is 1450. The van der Waals surface area contributed by atoms with Gasteiger partial charge in [-0.2, -0.15) is 4.68 Å². The summed E-state index contributed by atoms with van der Waals surface area (Å²) in [6.45, 7) is 3.82. The zero-order valence-corrected chi connectivity index (χ0v) is 22.4. The van der Waals surface area contributed by atoms with Crippen molar-refractivity contribution < 1.29 is 23.0 Å². The van der Waals surface area contributed by atoms with Crippen LogP contribution in [0.5, 0.6) is 17.4 Å². The second-order valence-corrected chi connectivity index (χ2v) is 9.97. The third-order valence-corrected chi connectivity index (χ3v) is 6.96. The molecule has 2 aromatic heterocycles. The Labute approximate surface area is 226 Å². The molecule has 1 atom stereocenters. The fourth-order valence-electron chi connectivity index (χ4n) is 4.59. The highest BCUT2D eigenvalue weighted by Crippen LogP contribution is 2.65.